The first-order chi connectivity index (χ1) is 8.04. The van der Waals surface area contributed by atoms with E-state index >= 15 is 0 Å². The maximum atomic E-state index is 11.9. The van der Waals surface area contributed by atoms with E-state index in [2.05, 4.69) is 18.3 Å². The third-order valence-corrected chi connectivity index (χ3v) is 3.51. The molecule has 17 heavy (non-hydrogen) atoms. The number of carbonyl (C=O) groups is 1. The Morgan fingerprint density at radius 2 is 2.29 bits per heavy atom. The van der Waals surface area contributed by atoms with Gasteiger partial charge in [0.1, 0.15) is 5.41 Å². The summed E-state index contributed by atoms with van der Waals surface area (Å²) >= 11 is 0. The van der Waals surface area contributed by atoms with Gasteiger partial charge in [0.15, 0.2) is 0 Å². The lowest BCUT2D eigenvalue weighted by atomic mass is 9.63. The third-order valence-electron chi connectivity index (χ3n) is 3.51. The van der Waals surface area contributed by atoms with Crippen LogP contribution in [0.2, 0.25) is 0 Å². The molecule has 0 aromatic heterocycles. The monoisotopic (exact) mass is 238 g/mol. The Morgan fingerprint density at radius 1 is 1.65 bits per heavy atom. The van der Waals surface area contributed by atoms with Crippen molar-refractivity contribution in [2.75, 3.05) is 13.2 Å². The van der Waals surface area contributed by atoms with E-state index in [0.717, 1.165) is 12.8 Å². The zero-order valence-electron chi connectivity index (χ0n) is 10.7. The van der Waals surface area contributed by atoms with Crippen LogP contribution in [0.4, 0.5) is 0 Å². The summed E-state index contributed by atoms with van der Waals surface area (Å²) in [7, 11) is 0. The molecule has 0 radical (unpaired) electrons. The lowest BCUT2D eigenvalue weighted by Gasteiger charge is -2.39. The zero-order valence-corrected chi connectivity index (χ0v) is 10.7. The molecule has 4 heteroatoms. The van der Waals surface area contributed by atoms with Crippen LogP contribution in [0.1, 0.15) is 39.5 Å². The van der Waals surface area contributed by atoms with Gasteiger partial charge in [-0.15, -0.1) is 0 Å². The molecule has 1 rings (SSSR count). The Hall–Kier alpha value is -1.08. The normalized spacial score (nSPS) is 28.9. The minimum atomic E-state index is -0.762. The van der Waals surface area contributed by atoms with Crippen LogP contribution in [0.15, 0.2) is 0 Å². The molecule has 0 aromatic rings. The molecule has 1 aliphatic carbocycles. The SMILES string of the molecule is CC(CO)CCCNC(=O)C1(C#N)CC(C)C1. The van der Waals surface area contributed by atoms with Crippen LogP contribution in [0, 0.1) is 28.6 Å². The van der Waals surface area contributed by atoms with Crippen molar-refractivity contribution in [3.8, 4) is 6.07 Å². The van der Waals surface area contributed by atoms with Crippen molar-refractivity contribution in [1.82, 2.24) is 5.32 Å². The van der Waals surface area contributed by atoms with Gasteiger partial charge in [-0.05, 0) is 37.5 Å². The molecule has 1 atom stereocenters. The van der Waals surface area contributed by atoms with Crippen molar-refractivity contribution in [3.05, 3.63) is 0 Å². The molecule has 1 fully saturated rings. The Labute approximate surface area is 103 Å². The van der Waals surface area contributed by atoms with Crippen LogP contribution in [0.25, 0.3) is 0 Å². The van der Waals surface area contributed by atoms with Crippen molar-refractivity contribution in [2.24, 2.45) is 17.3 Å². The first kappa shape index (κ1) is 14.0. The molecular formula is C13H22N2O2. The number of amides is 1. The first-order valence-corrected chi connectivity index (χ1v) is 6.34. The average Bonchev–Trinajstić information content (AvgIpc) is 2.29. The highest BCUT2D eigenvalue weighted by Gasteiger charge is 2.48. The van der Waals surface area contributed by atoms with Crippen LogP contribution in [0.3, 0.4) is 0 Å². The van der Waals surface area contributed by atoms with Crippen molar-refractivity contribution >= 4 is 5.91 Å². The molecule has 96 valence electrons. The quantitative estimate of drug-likeness (QED) is 0.688. The molecule has 0 heterocycles. The van der Waals surface area contributed by atoms with Gasteiger partial charge < -0.3 is 10.4 Å². The second kappa shape index (κ2) is 6.02. The first-order valence-electron chi connectivity index (χ1n) is 6.34. The average molecular weight is 238 g/mol. The van der Waals surface area contributed by atoms with Crippen molar-refractivity contribution < 1.29 is 9.90 Å². The largest absolute Gasteiger partial charge is 0.396 e. The van der Waals surface area contributed by atoms with E-state index in [1.807, 2.05) is 6.92 Å². The minimum Gasteiger partial charge on any atom is -0.396 e. The van der Waals surface area contributed by atoms with Crippen LogP contribution in [-0.2, 0) is 4.79 Å². The van der Waals surface area contributed by atoms with Gasteiger partial charge in [0.05, 0.1) is 6.07 Å². The summed E-state index contributed by atoms with van der Waals surface area (Å²) in [5.41, 5.74) is -0.762. The maximum absolute atomic E-state index is 11.9. The van der Waals surface area contributed by atoms with Crippen molar-refractivity contribution in [3.63, 3.8) is 0 Å². The number of hydrogen-bond acceptors (Lipinski definition) is 3. The molecule has 1 unspecified atom stereocenters. The molecule has 2 N–H and O–H groups in total. The zero-order chi connectivity index (χ0) is 12.9. The van der Waals surface area contributed by atoms with Crippen molar-refractivity contribution in [2.45, 2.75) is 39.5 Å². The second-order valence-corrected chi connectivity index (χ2v) is 5.39. The van der Waals surface area contributed by atoms with Crippen LogP contribution in [-0.4, -0.2) is 24.2 Å². The minimum absolute atomic E-state index is 0.116. The third kappa shape index (κ3) is 3.44. The van der Waals surface area contributed by atoms with Crippen LogP contribution < -0.4 is 5.32 Å². The standard InChI is InChI=1S/C13H22N2O2/c1-10(8-16)4-3-5-15-12(17)13(9-14)6-11(2)7-13/h10-11,16H,3-8H2,1-2H3,(H,15,17). The number of rotatable bonds is 6. The van der Waals surface area contributed by atoms with E-state index in [1.165, 1.54) is 0 Å². The van der Waals surface area contributed by atoms with E-state index in [0.29, 0.717) is 25.3 Å². The molecular weight excluding hydrogens is 216 g/mol. The summed E-state index contributed by atoms with van der Waals surface area (Å²) in [5.74, 6) is 0.644. The molecule has 1 amide bonds. The summed E-state index contributed by atoms with van der Waals surface area (Å²) in [4.78, 5) is 11.9. The summed E-state index contributed by atoms with van der Waals surface area (Å²) in [6, 6.07) is 2.15. The van der Waals surface area contributed by atoms with Gasteiger partial charge in [-0.25, -0.2) is 0 Å². The predicted molar refractivity (Wildman–Crippen MR) is 64.9 cm³/mol. The number of nitrogens with zero attached hydrogens (tertiary/aromatic N) is 1. The molecule has 4 nitrogen and oxygen atoms in total. The Bertz CT molecular complexity index is 303. The predicted octanol–water partition coefficient (Wildman–Crippen LogP) is 1.45. The number of nitrogens with one attached hydrogen (secondary N) is 1. The molecule has 1 aliphatic rings. The van der Waals surface area contributed by atoms with E-state index < -0.39 is 5.41 Å². The Morgan fingerprint density at radius 3 is 2.76 bits per heavy atom. The fraction of sp³-hybridized carbons (Fsp3) is 0.846. The Balaban J connectivity index is 2.24. The molecule has 0 aliphatic heterocycles. The number of carbonyl (C=O) groups excluding carboxylic acids is 1. The number of nitriles is 1. The maximum Gasteiger partial charge on any atom is 0.240 e. The summed E-state index contributed by atoms with van der Waals surface area (Å²) in [6.45, 7) is 4.83. The fourth-order valence-corrected chi connectivity index (χ4v) is 2.37. The van der Waals surface area contributed by atoms with E-state index in [9.17, 15) is 4.79 Å². The Kier molecular flexibility index (Phi) is 4.95. The summed E-state index contributed by atoms with van der Waals surface area (Å²) < 4.78 is 0. The number of hydrogen-bond donors (Lipinski definition) is 2. The molecule has 0 saturated heterocycles. The van der Waals surface area contributed by atoms with Gasteiger partial charge in [0.25, 0.3) is 0 Å². The molecule has 0 bridgehead atoms. The number of aliphatic hydroxyl groups is 1. The van der Waals surface area contributed by atoms with Gasteiger partial charge in [0, 0.05) is 13.2 Å². The molecule has 0 aromatic carbocycles. The summed E-state index contributed by atoms with van der Waals surface area (Å²) in [6.07, 6.45) is 3.11. The van der Waals surface area contributed by atoms with Gasteiger partial charge in [-0.1, -0.05) is 13.8 Å². The van der Waals surface area contributed by atoms with E-state index in [4.69, 9.17) is 10.4 Å². The van der Waals surface area contributed by atoms with Crippen molar-refractivity contribution in [1.29, 1.82) is 5.26 Å². The van der Waals surface area contributed by atoms with Gasteiger partial charge >= 0.3 is 0 Å². The highest BCUT2D eigenvalue weighted by molar-refractivity contribution is 5.86. The smallest absolute Gasteiger partial charge is 0.240 e. The van der Waals surface area contributed by atoms with Crippen LogP contribution >= 0.6 is 0 Å². The highest BCUT2D eigenvalue weighted by atomic mass is 16.3. The highest BCUT2D eigenvalue weighted by Crippen LogP contribution is 2.44. The van der Waals surface area contributed by atoms with Crippen LogP contribution in [0.5, 0.6) is 0 Å². The topological polar surface area (TPSA) is 73.1 Å². The fourth-order valence-electron chi connectivity index (χ4n) is 2.37. The van der Waals surface area contributed by atoms with E-state index in [1.54, 1.807) is 0 Å². The lowest BCUT2D eigenvalue weighted by molar-refractivity contribution is -0.133. The second-order valence-electron chi connectivity index (χ2n) is 5.39. The van der Waals surface area contributed by atoms with E-state index in [-0.39, 0.29) is 18.4 Å². The van der Waals surface area contributed by atoms with Gasteiger partial charge in [0.2, 0.25) is 5.91 Å². The van der Waals surface area contributed by atoms with Gasteiger partial charge in [-0.2, -0.15) is 5.26 Å². The lowest BCUT2D eigenvalue weighted by Crippen LogP contribution is -2.48. The summed E-state index contributed by atoms with van der Waals surface area (Å²) in [5, 5.41) is 20.8. The van der Waals surface area contributed by atoms with Gasteiger partial charge in [-0.3, -0.25) is 4.79 Å². The molecule has 0 spiro atoms. The number of aliphatic hydroxyl groups excluding tert-OH is 1. The molecule has 1 saturated carbocycles.